The molecule has 138 valence electrons. The first kappa shape index (κ1) is 18.2. The third-order valence-electron chi connectivity index (χ3n) is 5.81. The number of carbonyl (C=O) groups excluding carboxylic acids is 1. The van der Waals surface area contributed by atoms with Gasteiger partial charge in [-0.2, -0.15) is 0 Å². The Morgan fingerprint density at radius 1 is 1.04 bits per heavy atom. The van der Waals surface area contributed by atoms with Crippen molar-refractivity contribution in [3.8, 4) is 0 Å². The fourth-order valence-corrected chi connectivity index (χ4v) is 4.75. The molecule has 1 aromatic carbocycles. The lowest BCUT2D eigenvalue weighted by molar-refractivity contribution is 0.0722. The maximum absolute atomic E-state index is 12.7. The van der Waals surface area contributed by atoms with Gasteiger partial charge in [0.25, 0.3) is 5.91 Å². The van der Waals surface area contributed by atoms with Gasteiger partial charge in [-0.1, -0.05) is 0 Å². The van der Waals surface area contributed by atoms with E-state index in [1.54, 1.807) is 29.2 Å². The van der Waals surface area contributed by atoms with Gasteiger partial charge < -0.3 is 10.0 Å². The highest BCUT2D eigenvalue weighted by Crippen LogP contribution is 2.45. The van der Waals surface area contributed by atoms with Gasteiger partial charge >= 0.3 is 0 Å². The van der Waals surface area contributed by atoms with Crippen molar-refractivity contribution < 1.29 is 18.3 Å². The topological polar surface area (TPSA) is 77.9 Å². The van der Waals surface area contributed by atoms with Crippen LogP contribution in [0.25, 0.3) is 0 Å². The molecule has 0 aliphatic heterocycles. The standard InChI is InChI=1S/C18H26N2O4S/c1-19(16-8-13-10-17(21)11-14(13)9-16)18(22)12-4-6-15(7-5-12)20(2)25(3,23)24/h4-7,13-14,16-17,21H,8-11H2,1-3H3/t13-,14+,16?,17?. The maximum atomic E-state index is 12.7. The third kappa shape index (κ3) is 3.67. The second-order valence-corrected chi connectivity index (χ2v) is 9.48. The van der Waals surface area contributed by atoms with Crippen LogP contribution in [-0.4, -0.2) is 56.8 Å². The molecular formula is C18H26N2O4S. The van der Waals surface area contributed by atoms with Gasteiger partial charge in [-0.25, -0.2) is 8.42 Å². The van der Waals surface area contributed by atoms with Gasteiger partial charge in [0.05, 0.1) is 18.0 Å². The Bertz CT molecular complexity index is 733. The zero-order chi connectivity index (χ0) is 18.4. The van der Waals surface area contributed by atoms with E-state index in [0.29, 0.717) is 23.1 Å². The largest absolute Gasteiger partial charge is 0.393 e. The summed E-state index contributed by atoms with van der Waals surface area (Å²) >= 11 is 0. The number of benzene rings is 1. The van der Waals surface area contributed by atoms with E-state index in [2.05, 4.69) is 0 Å². The van der Waals surface area contributed by atoms with Gasteiger partial charge in [-0.15, -0.1) is 0 Å². The Balaban J connectivity index is 1.67. The summed E-state index contributed by atoms with van der Waals surface area (Å²) in [4.78, 5) is 14.5. The highest BCUT2D eigenvalue weighted by atomic mass is 32.2. The summed E-state index contributed by atoms with van der Waals surface area (Å²) in [6.07, 6.45) is 4.60. The molecular weight excluding hydrogens is 340 g/mol. The number of hydrogen-bond acceptors (Lipinski definition) is 4. The first-order valence-corrected chi connectivity index (χ1v) is 10.5. The van der Waals surface area contributed by atoms with Gasteiger partial charge in [0.1, 0.15) is 0 Å². The van der Waals surface area contributed by atoms with Crippen LogP contribution in [-0.2, 0) is 10.0 Å². The van der Waals surface area contributed by atoms with Gasteiger partial charge in [0.15, 0.2) is 0 Å². The number of sulfonamides is 1. The molecule has 2 saturated carbocycles. The zero-order valence-corrected chi connectivity index (χ0v) is 15.7. The van der Waals surface area contributed by atoms with Crippen molar-refractivity contribution in [2.24, 2.45) is 11.8 Å². The molecule has 0 radical (unpaired) electrons. The quantitative estimate of drug-likeness (QED) is 0.880. The van der Waals surface area contributed by atoms with Crippen molar-refractivity contribution >= 4 is 21.6 Å². The van der Waals surface area contributed by atoms with Crippen LogP contribution in [0.3, 0.4) is 0 Å². The molecule has 4 atom stereocenters. The van der Waals surface area contributed by atoms with E-state index in [0.717, 1.165) is 31.9 Å². The zero-order valence-electron chi connectivity index (χ0n) is 14.9. The second kappa shape index (κ2) is 6.61. The Kier molecular flexibility index (Phi) is 4.81. The summed E-state index contributed by atoms with van der Waals surface area (Å²) in [5.74, 6) is 1.01. The molecule has 1 amide bonds. The molecule has 1 aromatic rings. The van der Waals surface area contributed by atoms with E-state index in [9.17, 15) is 18.3 Å². The minimum atomic E-state index is -3.31. The van der Waals surface area contributed by atoms with Crippen LogP contribution >= 0.6 is 0 Å². The lowest BCUT2D eigenvalue weighted by Crippen LogP contribution is -2.36. The molecule has 2 aliphatic carbocycles. The van der Waals surface area contributed by atoms with Crippen LogP contribution in [0.4, 0.5) is 5.69 Å². The smallest absolute Gasteiger partial charge is 0.253 e. The summed E-state index contributed by atoms with van der Waals surface area (Å²) in [5, 5.41) is 9.75. The van der Waals surface area contributed by atoms with E-state index in [1.165, 1.54) is 11.4 Å². The van der Waals surface area contributed by atoms with E-state index in [-0.39, 0.29) is 18.1 Å². The molecule has 6 nitrogen and oxygen atoms in total. The highest BCUT2D eigenvalue weighted by molar-refractivity contribution is 7.92. The predicted molar refractivity (Wildman–Crippen MR) is 97.0 cm³/mol. The average molecular weight is 366 g/mol. The number of rotatable bonds is 4. The molecule has 0 saturated heterocycles. The number of fused-ring (bicyclic) bond motifs is 1. The van der Waals surface area contributed by atoms with E-state index < -0.39 is 10.0 Å². The van der Waals surface area contributed by atoms with Crippen molar-refractivity contribution in [1.29, 1.82) is 0 Å². The van der Waals surface area contributed by atoms with Crippen LogP contribution in [0.1, 0.15) is 36.0 Å². The summed E-state index contributed by atoms with van der Waals surface area (Å²) < 4.78 is 24.4. The van der Waals surface area contributed by atoms with Crippen molar-refractivity contribution in [3.05, 3.63) is 29.8 Å². The molecule has 2 aliphatic rings. The van der Waals surface area contributed by atoms with Gasteiger partial charge in [-0.3, -0.25) is 9.10 Å². The molecule has 2 fully saturated rings. The second-order valence-electron chi connectivity index (χ2n) is 7.46. The van der Waals surface area contributed by atoms with Crippen LogP contribution in [0.5, 0.6) is 0 Å². The molecule has 25 heavy (non-hydrogen) atoms. The average Bonchev–Trinajstić information content (AvgIpc) is 3.09. The van der Waals surface area contributed by atoms with Crippen molar-refractivity contribution in [3.63, 3.8) is 0 Å². The molecule has 7 heteroatoms. The number of amides is 1. The van der Waals surface area contributed by atoms with Gasteiger partial charge in [0, 0.05) is 25.7 Å². The fraction of sp³-hybridized carbons (Fsp3) is 0.611. The Hall–Kier alpha value is -1.60. The molecule has 2 unspecified atom stereocenters. The SMILES string of the molecule is CN(C(=O)c1ccc(N(C)S(C)(=O)=O)cc1)C1C[C@H]2CC(O)C[C@H]2C1. The Morgan fingerprint density at radius 3 is 2.04 bits per heavy atom. The van der Waals surface area contributed by atoms with Crippen LogP contribution in [0.15, 0.2) is 24.3 Å². The summed E-state index contributed by atoms with van der Waals surface area (Å²) in [5.41, 5.74) is 1.09. The van der Waals surface area contributed by atoms with Crippen molar-refractivity contribution in [2.75, 3.05) is 24.7 Å². The molecule has 1 N–H and O–H groups in total. The Morgan fingerprint density at radius 2 is 1.56 bits per heavy atom. The Labute approximate surface area is 149 Å². The number of nitrogens with zero attached hydrogens (tertiary/aromatic N) is 2. The summed E-state index contributed by atoms with van der Waals surface area (Å²) in [6, 6.07) is 6.88. The normalized spacial score (nSPS) is 28.6. The van der Waals surface area contributed by atoms with Crippen molar-refractivity contribution in [1.82, 2.24) is 4.90 Å². The molecule has 0 spiro atoms. The molecule has 0 bridgehead atoms. The van der Waals surface area contributed by atoms with E-state index in [1.807, 2.05) is 7.05 Å². The lowest BCUT2D eigenvalue weighted by atomic mass is 10.0. The number of anilines is 1. The minimum Gasteiger partial charge on any atom is -0.393 e. The number of aliphatic hydroxyl groups excluding tert-OH is 1. The fourth-order valence-electron chi connectivity index (χ4n) is 4.24. The first-order valence-electron chi connectivity index (χ1n) is 8.66. The molecule has 3 rings (SSSR count). The van der Waals surface area contributed by atoms with Crippen LogP contribution < -0.4 is 4.31 Å². The first-order chi connectivity index (χ1) is 11.7. The van der Waals surface area contributed by atoms with E-state index in [4.69, 9.17) is 0 Å². The predicted octanol–water partition coefficient (Wildman–Crippen LogP) is 1.70. The highest BCUT2D eigenvalue weighted by Gasteiger charge is 2.43. The van der Waals surface area contributed by atoms with Gasteiger partial charge in [-0.05, 0) is 61.8 Å². The minimum absolute atomic E-state index is 0.0425. The van der Waals surface area contributed by atoms with Gasteiger partial charge in [0.2, 0.25) is 10.0 Å². The van der Waals surface area contributed by atoms with Crippen LogP contribution in [0.2, 0.25) is 0 Å². The van der Waals surface area contributed by atoms with E-state index >= 15 is 0 Å². The van der Waals surface area contributed by atoms with Crippen molar-refractivity contribution in [2.45, 2.75) is 37.8 Å². The monoisotopic (exact) mass is 366 g/mol. The maximum Gasteiger partial charge on any atom is 0.253 e. The lowest BCUT2D eigenvalue weighted by Gasteiger charge is -2.26. The summed E-state index contributed by atoms with van der Waals surface area (Å²) in [6.45, 7) is 0. The molecule has 0 heterocycles. The number of hydrogen-bond donors (Lipinski definition) is 1. The number of carbonyl (C=O) groups is 1. The third-order valence-corrected chi connectivity index (χ3v) is 7.02. The summed E-state index contributed by atoms with van der Waals surface area (Å²) in [7, 11) is 0.0103. The number of aliphatic hydroxyl groups is 1. The van der Waals surface area contributed by atoms with Crippen LogP contribution in [0, 0.1) is 11.8 Å². The molecule has 0 aromatic heterocycles.